The summed E-state index contributed by atoms with van der Waals surface area (Å²) in [5.41, 5.74) is 3.54. The number of rotatable bonds is 6. The first-order valence-electron chi connectivity index (χ1n) is 7.65. The predicted molar refractivity (Wildman–Crippen MR) is 96.4 cm³/mol. The minimum atomic E-state index is 0.208. The average molecular weight is 329 g/mol. The third-order valence-electron chi connectivity index (χ3n) is 3.69. The lowest BCUT2D eigenvalue weighted by Crippen LogP contribution is -2.10. The number of aromatic nitrogens is 3. The van der Waals surface area contributed by atoms with Gasteiger partial charge >= 0.3 is 0 Å². The molecule has 0 aliphatic carbocycles. The first-order valence-corrected chi connectivity index (χ1v) is 8.03. The average Bonchev–Trinajstić information content (AvgIpc) is 2.93. The molecule has 7 heteroatoms. The maximum atomic E-state index is 8.89. The molecule has 0 saturated heterocycles. The van der Waals surface area contributed by atoms with Crippen molar-refractivity contribution in [2.45, 2.75) is 12.8 Å². The quantitative estimate of drug-likeness (QED) is 0.532. The van der Waals surface area contributed by atoms with Crippen molar-refractivity contribution in [1.82, 2.24) is 14.6 Å². The summed E-state index contributed by atoms with van der Waals surface area (Å²) in [5, 5.41) is 17.3. The van der Waals surface area contributed by atoms with E-state index in [0.29, 0.717) is 5.02 Å². The van der Waals surface area contributed by atoms with Crippen LogP contribution in [0.15, 0.2) is 36.5 Å². The van der Waals surface area contributed by atoms with Crippen molar-refractivity contribution in [3.63, 3.8) is 0 Å². The van der Waals surface area contributed by atoms with Gasteiger partial charge in [-0.25, -0.2) is 4.98 Å². The van der Waals surface area contributed by atoms with E-state index in [9.17, 15) is 0 Å². The van der Waals surface area contributed by atoms with Crippen molar-refractivity contribution in [2.75, 3.05) is 18.5 Å². The lowest BCUT2D eigenvalue weighted by Gasteiger charge is -2.11. The van der Waals surface area contributed by atoms with Gasteiger partial charge < -0.3 is 10.4 Å². The fraction of sp³-hybridized carbons (Fsp3) is 0.250. The summed E-state index contributed by atoms with van der Waals surface area (Å²) in [5.74, 6) is 0.871. The van der Waals surface area contributed by atoms with Crippen molar-refractivity contribution >= 4 is 36.4 Å². The molecule has 0 saturated carbocycles. The zero-order chi connectivity index (χ0) is 16.2. The molecule has 0 radical (unpaired) electrons. The van der Waals surface area contributed by atoms with Gasteiger partial charge in [-0.05, 0) is 24.4 Å². The monoisotopic (exact) mass is 328 g/mol. The molecule has 2 heterocycles. The number of benzene rings is 1. The van der Waals surface area contributed by atoms with Gasteiger partial charge in [-0.3, -0.25) is 0 Å². The summed E-state index contributed by atoms with van der Waals surface area (Å²) < 4.78 is 1.80. The molecule has 0 aliphatic heterocycles. The minimum Gasteiger partial charge on any atom is -0.396 e. The number of hydrogen-bond donors (Lipinski definition) is 2. The summed E-state index contributed by atoms with van der Waals surface area (Å²) in [7, 11) is 1.99. The van der Waals surface area contributed by atoms with E-state index in [1.54, 1.807) is 10.7 Å². The summed E-state index contributed by atoms with van der Waals surface area (Å²) in [6.45, 7) is 0.972. The Morgan fingerprint density at radius 2 is 2.09 bits per heavy atom. The Balaban J connectivity index is 2.02. The van der Waals surface area contributed by atoms with Crippen LogP contribution < -0.4 is 10.8 Å². The van der Waals surface area contributed by atoms with E-state index < -0.39 is 0 Å². The molecule has 0 aliphatic rings. The third-order valence-corrected chi connectivity index (χ3v) is 4.02. The Hall–Kier alpha value is -2.05. The molecule has 3 aromatic rings. The Morgan fingerprint density at radius 1 is 1.26 bits per heavy atom. The van der Waals surface area contributed by atoms with Crippen LogP contribution in [-0.2, 0) is 0 Å². The molecule has 0 amide bonds. The highest BCUT2D eigenvalue weighted by Crippen LogP contribution is 2.28. The van der Waals surface area contributed by atoms with Crippen molar-refractivity contribution < 1.29 is 5.11 Å². The van der Waals surface area contributed by atoms with Gasteiger partial charge in [-0.2, -0.15) is 9.61 Å². The van der Waals surface area contributed by atoms with E-state index in [4.69, 9.17) is 21.7 Å². The Morgan fingerprint density at radius 3 is 2.87 bits per heavy atom. The number of halogens is 1. The maximum absolute atomic E-state index is 8.89. The van der Waals surface area contributed by atoms with E-state index in [2.05, 4.69) is 10.4 Å². The minimum absolute atomic E-state index is 0.208. The summed E-state index contributed by atoms with van der Waals surface area (Å²) in [6.07, 6.45) is 3.47. The Bertz CT molecular complexity index is 821. The number of fused-ring (bicyclic) bond motifs is 1. The second-order valence-electron chi connectivity index (χ2n) is 5.43. The van der Waals surface area contributed by atoms with Crippen molar-refractivity contribution in [2.24, 2.45) is 0 Å². The number of nitrogens with one attached hydrogen (secondary N) is 1. The zero-order valence-corrected chi connectivity index (χ0v) is 13.7. The molecule has 0 bridgehead atoms. The molecule has 0 unspecified atom stereocenters. The van der Waals surface area contributed by atoms with Gasteiger partial charge in [0, 0.05) is 36.0 Å². The van der Waals surface area contributed by atoms with Crippen LogP contribution in [0.3, 0.4) is 0 Å². The molecule has 0 atom stereocenters. The molecule has 2 N–H and O–H groups in total. The van der Waals surface area contributed by atoms with Gasteiger partial charge in [0.2, 0.25) is 0 Å². The SMILES string of the molecule is Bc1cnn2c(NCCCCO)cc(-c3ccccc3Cl)nc12. The van der Waals surface area contributed by atoms with Crippen molar-refractivity contribution in [3.05, 3.63) is 41.6 Å². The topological polar surface area (TPSA) is 62.5 Å². The van der Waals surface area contributed by atoms with Gasteiger partial charge in [0.15, 0.2) is 5.65 Å². The van der Waals surface area contributed by atoms with E-state index in [1.807, 2.05) is 38.2 Å². The van der Waals surface area contributed by atoms with Crippen LogP contribution in [0.1, 0.15) is 12.8 Å². The molecule has 3 rings (SSSR count). The van der Waals surface area contributed by atoms with Crippen LogP contribution in [0.2, 0.25) is 5.02 Å². The van der Waals surface area contributed by atoms with Crippen LogP contribution in [-0.4, -0.2) is 40.7 Å². The van der Waals surface area contributed by atoms with E-state index in [1.165, 1.54) is 0 Å². The second-order valence-corrected chi connectivity index (χ2v) is 5.83. The number of unbranched alkanes of at least 4 members (excludes halogenated alkanes) is 1. The van der Waals surface area contributed by atoms with Crippen LogP contribution in [0.5, 0.6) is 0 Å². The fourth-order valence-corrected chi connectivity index (χ4v) is 2.69. The van der Waals surface area contributed by atoms with E-state index in [-0.39, 0.29) is 6.61 Å². The molecule has 5 nitrogen and oxygen atoms in total. The molecule has 2 aromatic heterocycles. The van der Waals surface area contributed by atoms with Crippen LogP contribution >= 0.6 is 11.6 Å². The van der Waals surface area contributed by atoms with Crippen molar-refractivity contribution in [1.29, 1.82) is 0 Å². The highest BCUT2D eigenvalue weighted by Gasteiger charge is 2.12. The van der Waals surface area contributed by atoms with Gasteiger partial charge in [0.25, 0.3) is 0 Å². The van der Waals surface area contributed by atoms with Gasteiger partial charge in [-0.15, -0.1) is 0 Å². The lowest BCUT2D eigenvalue weighted by molar-refractivity contribution is 0.286. The summed E-state index contributed by atoms with van der Waals surface area (Å²) >= 11 is 6.31. The number of aliphatic hydroxyl groups is 1. The van der Waals surface area contributed by atoms with Crippen molar-refractivity contribution in [3.8, 4) is 11.3 Å². The number of hydrogen-bond acceptors (Lipinski definition) is 4. The van der Waals surface area contributed by atoms with Crippen LogP contribution in [0, 0.1) is 0 Å². The smallest absolute Gasteiger partial charge is 0.151 e. The van der Waals surface area contributed by atoms with Crippen LogP contribution in [0.25, 0.3) is 16.9 Å². The normalized spacial score (nSPS) is 11.0. The van der Waals surface area contributed by atoms with E-state index >= 15 is 0 Å². The lowest BCUT2D eigenvalue weighted by atomic mass is 10.0. The molecular weight excluding hydrogens is 310 g/mol. The molecule has 0 spiro atoms. The maximum Gasteiger partial charge on any atom is 0.151 e. The zero-order valence-electron chi connectivity index (χ0n) is 13.0. The highest BCUT2D eigenvalue weighted by molar-refractivity contribution is 6.36. The number of anilines is 1. The number of aliphatic hydroxyl groups excluding tert-OH is 1. The van der Waals surface area contributed by atoms with E-state index in [0.717, 1.165) is 47.6 Å². The second kappa shape index (κ2) is 7.02. The Kier molecular flexibility index (Phi) is 4.83. The highest BCUT2D eigenvalue weighted by atomic mass is 35.5. The van der Waals surface area contributed by atoms with Crippen LogP contribution in [0.4, 0.5) is 5.82 Å². The number of nitrogens with zero attached hydrogens (tertiary/aromatic N) is 3. The standard InChI is InChI=1S/C16H18BClN4O/c17-12-10-20-22-15(19-7-3-4-8-23)9-14(21-16(12)22)11-5-1-2-6-13(11)18/h1-2,5-6,9-10,19,23H,3-4,7-8,17H2. The summed E-state index contributed by atoms with van der Waals surface area (Å²) in [6, 6.07) is 9.63. The first kappa shape index (κ1) is 15.8. The summed E-state index contributed by atoms with van der Waals surface area (Å²) in [4.78, 5) is 4.71. The molecule has 23 heavy (non-hydrogen) atoms. The van der Waals surface area contributed by atoms with Gasteiger partial charge in [0.1, 0.15) is 13.7 Å². The largest absolute Gasteiger partial charge is 0.396 e. The molecule has 0 fully saturated rings. The van der Waals surface area contributed by atoms with Gasteiger partial charge in [-0.1, -0.05) is 29.8 Å². The predicted octanol–water partition coefficient (Wildman–Crippen LogP) is 1.49. The fourth-order valence-electron chi connectivity index (χ4n) is 2.46. The molecular formula is C16H18BClN4O. The first-order chi connectivity index (χ1) is 11.2. The third kappa shape index (κ3) is 3.33. The molecule has 118 valence electrons. The van der Waals surface area contributed by atoms with Gasteiger partial charge in [0.05, 0.1) is 5.69 Å². The molecule has 1 aromatic carbocycles. The Labute approximate surface area is 140 Å².